The van der Waals surface area contributed by atoms with Gasteiger partial charge in [-0.15, -0.1) is 20.4 Å². The molecule has 0 aliphatic rings. The molecule has 1 atom stereocenters. The van der Waals surface area contributed by atoms with Crippen molar-refractivity contribution in [3.05, 3.63) is 78.6 Å². The normalized spacial score (nSPS) is 12.1. The van der Waals surface area contributed by atoms with Gasteiger partial charge in [-0.05, 0) is 56.3 Å². The third kappa shape index (κ3) is 4.14. The van der Waals surface area contributed by atoms with Crippen LogP contribution in [0.5, 0.6) is 5.75 Å². The van der Waals surface area contributed by atoms with Gasteiger partial charge >= 0.3 is 0 Å². The number of para-hydroxylation sites is 1. The molecule has 5 aromatic rings. The number of furan rings is 1. The number of hydrogen-bond donors (Lipinski definition) is 0. The van der Waals surface area contributed by atoms with Gasteiger partial charge in [-0.1, -0.05) is 30.0 Å². The number of nitrogens with zero attached hydrogens (tertiary/aromatic N) is 5. The lowest BCUT2D eigenvalue weighted by Crippen LogP contribution is -2.01. The molecule has 5 rings (SSSR count). The maximum atomic E-state index is 5.96. The standard InChI is InChI=1S/C24H21N5O3S/c1-15-20(13-14-31-15)21-25-28-24(29(21)18-7-5-4-6-8-18)33-16(2)22-26-27-23(32-22)17-9-11-19(30-3)12-10-17/h4-14,16H,1-3H3. The third-order valence-electron chi connectivity index (χ3n) is 5.16. The molecule has 0 saturated heterocycles. The number of benzene rings is 2. The quantitative estimate of drug-likeness (QED) is 0.284. The van der Waals surface area contributed by atoms with Crippen molar-refractivity contribution in [1.29, 1.82) is 0 Å². The molecule has 0 fully saturated rings. The van der Waals surface area contributed by atoms with Crippen molar-refractivity contribution in [2.45, 2.75) is 24.3 Å². The summed E-state index contributed by atoms with van der Waals surface area (Å²) in [7, 11) is 1.63. The summed E-state index contributed by atoms with van der Waals surface area (Å²) < 4.78 is 18.7. The molecular formula is C24H21N5O3S. The van der Waals surface area contributed by atoms with Crippen LogP contribution in [0.3, 0.4) is 0 Å². The largest absolute Gasteiger partial charge is 0.497 e. The van der Waals surface area contributed by atoms with E-state index in [1.807, 2.05) is 79.1 Å². The molecule has 0 spiro atoms. The van der Waals surface area contributed by atoms with E-state index in [1.54, 1.807) is 13.4 Å². The Kier molecular flexibility index (Phi) is 5.70. The highest BCUT2D eigenvalue weighted by Crippen LogP contribution is 2.37. The average molecular weight is 460 g/mol. The van der Waals surface area contributed by atoms with Gasteiger partial charge in [0.05, 0.1) is 24.2 Å². The second kappa shape index (κ2) is 8.95. The van der Waals surface area contributed by atoms with Crippen LogP contribution in [0.2, 0.25) is 0 Å². The summed E-state index contributed by atoms with van der Waals surface area (Å²) in [5.74, 6) is 3.23. The molecule has 3 heterocycles. The molecule has 0 aliphatic heterocycles. The predicted octanol–water partition coefficient (Wildman–Crippen LogP) is 5.75. The minimum absolute atomic E-state index is 0.144. The Morgan fingerprint density at radius 1 is 0.939 bits per heavy atom. The van der Waals surface area contributed by atoms with E-state index in [0.29, 0.717) is 22.8 Å². The lowest BCUT2D eigenvalue weighted by molar-refractivity contribution is 0.415. The van der Waals surface area contributed by atoms with Crippen molar-refractivity contribution < 1.29 is 13.6 Å². The predicted molar refractivity (Wildman–Crippen MR) is 124 cm³/mol. The lowest BCUT2D eigenvalue weighted by atomic mass is 10.2. The Morgan fingerprint density at radius 2 is 1.73 bits per heavy atom. The molecular weight excluding hydrogens is 438 g/mol. The number of hydrogen-bond acceptors (Lipinski definition) is 8. The summed E-state index contributed by atoms with van der Waals surface area (Å²) in [6, 6.07) is 19.4. The number of rotatable bonds is 7. The van der Waals surface area contributed by atoms with Crippen LogP contribution in [0.1, 0.15) is 23.8 Å². The highest BCUT2D eigenvalue weighted by molar-refractivity contribution is 7.99. The van der Waals surface area contributed by atoms with Crippen molar-refractivity contribution in [1.82, 2.24) is 25.0 Å². The number of methoxy groups -OCH3 is 1. The van der Waals surface area contributed by atoms with Gasteiger partial charge in [0.15, 0.2) is 11.0 Å². The zero-order valence-electron chi connectivity index (χ0n) is 18.3. The van der Waals surface area contributed by atoms with Crippen molar-refractivity contribution in [3.63, 3.8) is 0 Å². The highest BCUT2D eigenvalue weighted by Gasteiger charge is 2.23. The Bertz CT molecular complexity index is 1360. The Labute approximate surface area is 194 Å². The second-order valence-electron chi connectivity index (χ2n) is 7.30. The Morgan fingerprint density at radius 3 is 2.42 bits per heavy atom. The topological polar surface area (TPSA) is 92.0 Å². The smallest absolute Gasteiger partial charge is 0.247 e. The molecule has 0 saturated carbocycles. The molecule has 3 aromatic heterocycles. The maximum absolute atomic E-state index is 5.96. The van der Waals surface area contributed by atoms with Crippen molar-refractivity contribution in [3.8, 4) is 34.3 Å². The third-order valence-corrected chi connectivity index (χ3v) is 6.19. The first kappa shape index (κ1) is 21.0. The van der Waals surface area contributed by atoms with Crippen molar-refractivity contribution in [2.24, 2.45) is 0 Å². The van der Waals surface area contributed by atoms with Crippen LogP contribution in [0, 0.1) is 6.92 Å². The monoisotopic (exact) mass is 459 g/mol. The summed E-state index contributed by atoms with van der Waals surface area (Å²) in [4.78, 5) is 0. The molecule has 0 bridgehead atoms. The van der Waals surface area contributed by atoms with E-state index in [-0.39, 0.29) is 5.25 Å². The minimum Gasteiger partial charge on any atom is -0.497 e. The Balaban J connectivity index is 1.45. The van der Waals surface area contributed by atoms with E-state index < -0.39 is 0 Å². The van der Waals surface area contributed by atoms with Gasteiger partial charge in [-0.3, -0.25) is 4.57 Å². The van der Waals surface area contributed by atoms with Crippen LogP contribution < -0.4 is 4.74 Å². The number of aryl methyl sites for hydroxylation is 1. The van der Waals surface area contributed by atoms with Gasteiger partial charge in [0, 0.05) is 11.3 Å². The van der Waals surface area contributed by atoms with Crippen molar-refractivity contribution in [2.75, 3.05) is 7.11 Å². The zero-order chi connectivity index (χ0) is 22.8. The molecule has 0 amide bonds. The van der Waals surface area contributed by atoms with E-state index >= 15 is 0 Å². The first-order valence-corrected chi connectivity index (χ1v) is 11.2. The van der Waals surface area contributed by atoms with E-state index in [2.05, 4.69) is 20.4 Å². The first-order valence-electron chi connectivity index (χ1n) is 10.3. The van der Waals surface area contributed by atoms with Crippen molar-refractivity contribution >= 4 is 11.8 Å². The number of thioether (sulfide) groups is 1. The van der Waals surface area contributed by atoms with Gasteiger partial charge in [-0.2, -0.15) is 0 Å². The van der Waals surface area contributed by atoms with E-state index in [1.165, 1.54) is 11.8 Å². The second-order valence-corrected chi connectivity index (χ2v) is 8.61. The highest BCUT2D eigenvalue weighted by atomic mass is 32.2. The summed E-state index contributed by atoms with van der Waals surface area (Å²) in [5.41, 5.74) is 2.68. The minimum atomic E-state index is -0.144. The molecule has 2 aromatic carbocycles. The fraction of sp³-hybridized carbons (Fsp3) is 0.167. The molecule has 166 valence electrons. The fourth-order valence-electron chi connectivity index (χ4n) is 3.41. The summed E-state index contributed by atoms with van der Waals surface area (Å²) >= 11 is 1.50. The summed E-state index contributed by atoms with van der Waals surface area (Å²) in [6.45, 7) is 3.91. The zero-order valence-corrected chi connectivity index (χ0v) is 19.1. The summed E-state index contributed by atoms with van der Waals surface area (Å²) in [5, 5.41) is 18.0. The van der Waals surface area contributed by atoms with Crippen LogP contribution in [0.4, 0.5) is 0 Å². The maximum Gasteiger partial charge on any atom is 0.247 e. The van der Waals surface area contributed by atoms with E-state index in [4.69, 9.17) is 13.6 Å². The van der Waals surface area contributed by atoms with Crippen LogP contribution in [0.25, 0.3) is 28.5 Å². The lowest BCUT2D eigenvalue weighted by Gasteiger charge is -2.11. The molecule has 0 N–H and O–H groups in total. The molecule has 9 heteroatoms. The van der Waals surface area contributed by atoms with Gasteiger partial charge in [0.2, 0.25) is 11.8 Å². The van der Waals surface area contributed by atoms with Crippen LogP contribution in [-0.4, -0.2) is 32.1 Å². The number of ether oxygens (including phenoxy) is 1. The molecule has 33 heavy (non-hydrogen) atoms. The van der Waals surface area contributed by atoms with Gasteiger partial charge < -0.3 is 13.6 Å². The van der Waals surface area contributed by atoms with Gasteiger partial charge in [-0.25, -0.2) is 0 Å². The van der Waals surface area contributed by atoms with Crippen LogP contribution in [0.15, 0.2) is 80.9 Å². The molecule has 0 radical (unpaired) electrons. The SMILES string of the molecule is COc1ccc(-c2nnc(C(C)Sc3nnc(-c4ccoc4C)n3-c3ccccc3)o2)cc1. The summed E-state index contributed by atoms with van der Waals surface area (Å²) in [6.07, 6.45) is 1.66. The Hall–Kier alpha value is -3.85. The van der Waals surface area contributed by atoms with E-state index in [0.717, 1.165) is 28.3 Å². The average Bonchev–Trinajstić information content (AvgIpc) is 3.59. The molecule has 1 unspecified atom stereocenters. The first-order chi connectivity index (χ1) is 16.1. The fourth-order valence-corrected chi connectivity index (χ4v) is 4.30. The molecule has 0 aliphatic carbocycles. The van der Waals surface area contributed by atoms with Crippen LogP contribution in [-0.2, 0) is 0 Å². The van der Waals surface area contributed by atoms with E-state index in [9.17, 15) is 0 Å². The van der Waals surface area contributed by atoms with Gasteiger partial charge in [0.25, 0.3) is 0 Å². The molecule has 8 nitrogen and oxygen atoms in total. The van der Waals surface area contributed by atoms with Gasteiger partial charge in [0.1, 0.15) is 11.5 Å². The van der Waals surface area contributed by atoms with Crippen LogP contribution >= 0.6 is 11.8 Å². The number of aromatic nitrogens is 5.